The number of carbonyl (C=O) groups is 1. The number of rotatable bonds is 1. The van der Waals surface area contributed by atoms with Gasteiger partial charge in [0.1, 0.15) is 0 Å². The summed E-state index contributed by atoms with van der Waals surface area (Å²) in [5.74, 6) is 0. The van der Waals surface area contributed by atoms with Crippen LogP contribution in [-0.4, -0.2) is 18.2 Å². The van der Waals surface area contributed by atoms with Crippen LogP contribution in [0.25, 0.3) is 0 Å². The van der Waals surface area contributed by atoms with Gasteiger partial charge in [0, 0.05) is 0 Å². The number of cyclic esters (lactones) is 1. The molecule has 2 radical (unpaired) electrons. The maximum absolute atomic E-state index is 11.4. The van der Waals surface area contributed by atoms with Crippen LogP contribution in [0.2, 0.25) is 0 Å². The molecule has 3 nitrogen and oxygen atoms in total. The summed E-state index contributed by atoms with van der Waals surface area (Å²) in [5, 5.41) is 2.69. The van der Waals surface area contributed by atoms with Gasteiger partial charge in [-0.25, -0.2) is 0 Å². The van der Waals surface area contributed by atoms with E-state index < -0.39 is 11.6 Å². The van der Waals surface area contributed by atoms with E-state index >= 15 is 0 Å². The van der Waals surface area contributed by atoms with Crippen molar-refractivity contribution in [1.82, 2.24) is 0 Å². The number of benzene rings is 1. The van der Waals surface area contributed by atoms with Crippen LogP contribution in [0.5, 0.6) is 0 Å². The molecule has 0 saturated heterocycles. The zero-order valence-corrected chi connectivity index (χ0v) is 10.5. The molecule has 1 unspecified atom stereocenters. The molecule has 0 spiro atoms. The SMILES string of the molecule is [B]C1(C)OC(=O)Nc2c([C](C)=[V])cccc21. The van der Waals surface area contributed by atoms with Crippen LogP contribution in [0.1, 0.15) is 25.0 Å². The van der Waals surface area contributed by atoms with Crippen molar-refractivity contribution < 1.29 is 26.5 Å². The molecule has 1 aromatic carbocycles. The van der Waals surface area contributed by atoms with Crippen molar-refractivity contribution in [2.45, 2.75) is 19.3 Å². The summed E-state index contributed by atoms with van der Waals surface area (Å²) in [4.78, 5) is 11.4. The minimum absolute atomic E-state index is 0.515. The van der Waals surface area contributed by atoms with Gasteiger partial charge in [-0.3, -0.25) is 0 Å². The molecule has 0 bridgehead atoms. The molecule has 1 aliphatic rings. The Morgan fingerprint density at radius 2 is 2.25 bits per heavy atom. The van der Waals surface area contributed by atoms with Crippen molar-refractivity contribution in [1.29, 1.82) is 0 Å². The van der Waals surface area contributed by atoms with Crippen LogP contribution in [0.3, 0.4) is 0 Å². The molecule has 1 atom stereocenters. The van der Waals surface area contributed by atoms with Gasteiger partial charge in [0.2, 0.25) is 0 Å². The third-order valence-corrected chi connectivity index (χ3v) is 2.90. The van der Waals surface area contributed by atoms with Gasteiger partial charge in [0.25, 0.3) is 0 Å². The molecule has 0 fully saturated rings. The van der Waals surface area contributed by atoms with Gasteiger partial charge in [-0.15, -0.1) is 0 Å². The van der Waals surface area contributed by atoms with E-state index in [9.17, 15) is 4.79 Å². The Bertz CT molecular complexity index is 485. The molecule has 1 amide bonds. The first-order valence-corrected chi connectivity index (χ1v) is 5.57. The van der Waals surface area contributed by atoms with E-state index in [1.54, 1.807) is 6.92 Å². The first kappa shape index (κ1) is 11.5. The number of ether oxygens (including phenoxy) is 1. The molecule has 0 saturated carbocycles. The Morgan fingerprint density at radius 1 is 1.56 bits per heavy atom. The molecule has 1 N–H and O–H groups in total. The number of fused-ring (bicyclic) bond motifs is 1. The van der Waals surface area contributed by atoms with Gasteiger partial charge in [-0.05, 0) is 0 Å². The fourth-order valence-corrected chi connectivity index (χ4v) is 2.07. The average molecular weight is 250 g/mol. The first-order valence-electron chi connectivity index (χ1n) is 4.87. The van der Waals surface area contributed by atoms with E-state index in [0.717, 1.165) is 21.0 Å². The van der Waals surface area contributed by atoms with E-state index in [1.807, 2.05) is 25.1 Å². The molecule has 5 heteroatoms. The molecule has 1 heterocycles. The average Bonchev–Trinajstić information content (AvgIpc) is 2.15. The van der Waals surface area contributed by atoms with E-state index in [2.05, 4.69) is 22.3 Å². The molecule has 16 heavy (non-hydrogen) atoms. The van der Waals surface area contributed by atoms with Gasteiger partial charge in [-0.2, -0.15) is 0 Å². The molecular weight excluding hydrogens is 240 g/mol. The fraction of sp³-hybridized carbons (Fsp3) is 0.273. The second-order valence-corrected chi connectivity index (χ2v) is 4.98. The van der Waals surface area contributed by atoms with Gasteiger partial charge >= 0.3 is 104 Å². The quantitative estimate of drug-likeness (QED) is 0.770. The predicted octanol–water partition coefficient (Wildman–Crippen LogP) is 1.68. The second kappa shape index (κ2) is 3.79. The molecule has 0 aliphatic carbocycles. The van der Waals surface area contributed by atoms with Crippen LogP contribution < -0.4 is 5.32 Å². The fourth-order valence-electron chi connectivity index (χ4n) is 1.78. The molecule has 79 valence electrons. The number of hydrogen-bond acceptors (Lipinski definition) is 2. The van der Waals surface area contributed by atoms with Crippen molar-refractivity contribution in [3.8, 4) is 0 Å². The van der Waals surface area contributed by atoms with Crippen molar-refractivity contribution in [2.24, 2.45) is 0 Å². The van der Waals surface area contributed by atoms with Crippen molar-refractivity contribution in [3.63, 3.8) is 0 Å². The summed E-state index contributed by atoms with van der Waals surface area (Å²) < 4.78 is 6.11. The molecule has 1 aromatic rings. The van der Waals surface area contributed by atoms with Gasteiger partial charge in [0.05, 0.1) is 0 Å². The molecule has 2 rings (SSSR count). The first-order chi connectivity index (χ1) is 7.42. The Kier molecular flexibility index (Phi) is 2.72. The molecule has 1 aliphatic heterocycles. The van der Waals surface area contributed by atoms with Crippen molar-refractivity contribution in [3.05, 3.63) is 29.3 Å². The van der Waals surface area contributed by atoms with E-state index in [0.29, 0.717) is 0 Å². The second-order valence-electron chi connectivity index (χ2n) is 3.94. The van der Waals surface area contributed by atoms with Crippen LogP contribution in [0, 0.1) is 0 Å². The summed E-state index contributed by atoms with van der Waals surface area (Å²) in [6.07, 6.45) is -0.515. The summed E-state index contributed by atoms with van der Waals surface area (Å²) in [7, 11) is 5.95. The van der Waals surface area contributed by atoms with Crippen LogP contribution in [0.4, 0.5) is 10.5 Å². The number of amides is 1. The Hall–Kier alpha value is -0.991. The van der Waals surface area contributed by atoms with Crippen LogP contribution in [-0.2, 0) is 27.2 Å². The number of nitrogens with one attached hydrogen (secondary N) is 1. The van der Waals surface area contributed by atoms with Crippen molar-refractivity contribution in [2.75, 3.05) is 5.32 Å². The monoisotopic (exact) mass is 250 g/mol. The Balaban J connectivity index is 2.66. The predicted molar refractivity (Wildman–Crippen MR) is 59.4 cm³/mol. The van der Waals surface area contributed by atoms with Gasteiger partial charge in [-0.1, -0.05) is 0 Å². The standard InChI is InChI=1S/C11H10BNO2.V/c1-3-7-5-4-6-8-9(7)13-10(14)15-11(8,2)12;/h4-6H,1-2H3,(H,13,14);. The third-order valence-electron chi connectivity index (χ3n) is 2.52. The van der Waals surface area contributed by atoms with E-state index in [4.69, 9.17) is 12.6 Å². The third kappa shape index (κ3) is 1.83. The van der Waals surface area contributed by atoms with Crippen molar-refractivity contribution >= 4 is 23.9 Å². The molecular formula is C11H10BNO2V. The van der Waals surface area contributed by atoms with Gasteiger partial charge < -0.3 is 0 Å². The van der Waals surface area contributed by atoms with Crippen LogP contribution in [0.15, 0.2) is 18.2 Å². The number of carbonyl (C=O) groups excluding carboxylic acids is 1. The zero-order chi connectivity index (χ0) is 11.9. The summed E-state index contributed by atoms with van der Waals surface area (Å²) in [6, 6.07) is 5.69. The number of anilines is 1. The number of hydrogen-bond donors (Lipinski definition) is 1. The van der Waals surface area contributed by atoms with E-state index in [1.165, 1.54) is 0 Å². The molecule has 0 aromatic heterocycles. The minimum atomic E-state index is -1.07. The maximum atomic E-state index is 11.4. The zero-order valence-electron chi connectivity index (χ0n) is 9.07. The van der Waals surface area contributed by atoms with Gasteiger partial charge in [0.15, 0.2) is 0 Å². The summed E-state index contributed by atoms with van der Waals surface area (Å²) >= 11 is 2.46. The van der Waals surface area contributed by atoms with Crippen LogP contribution >= 0.6 is 0 Å². The summed E-state index contributed by atoms with van der Waals surface area (Å²) in [6.45, 7) is 3.64. The Morgan fingerprint density at radius 3 is 2.88 bits per heavy atom. The number of para-hydroxylation sites is 1. The normalized spacial score (nSPS) is 22.9. The van der Waals surface area contributed by atoms with E-state index in [-0.39, 0.29) is 0 Å². The topological polar surface area (TPSA) is 38.3 Å². The summed E-state index contributed by atoms with van der Waals surface area (Å²) in [5.41, 5.74) is 1.42. The Labute approximate surface area is 104 Å².